The highest BCUT2D eigenvalue weighted by atomic mass is 16.4. The standard InChI is InChI=1S/C25H33NO3/c1-16(13-23(28)29)15-25(11-12-26)10-8-22-21-5-3-17-14-18(27)4-6-19(17)20(21)7-9-24(22,25)2/h14,16,21-22H,3-11,13,15H2,1-2H3,(H,28,29)/t16?,21?,22?,24-,25-/m0/s1. The Labute approximate surface area is 174 Å². The molecule has 4 aliphatic carbocycles. The van der Waals surface area contributed by atoms with Crippen LogP contribution < -0.4 is 0 Å². The molecule has 0 heterocycles. The maximum Gasteiger partial charge on any atom is 0.303 e. The summed E-state index contributed by atoms with van der Waals surface area (Å²) in [4.78, 5) is 23.1. The van der Waals surface area contributed by atoms with Crippen molar-refractivity contribution in [2.75, 3.05) is 0 Å². The topological polar surface area (TPSA) is 78.2 Å². The van der Waals surface area contributed by atoms with Gasteiger partial charge >= 0.3 is 5.97 Å². The number of fused-ring (bicyclic) bond motifs is 4. The van der Waals surface area contributed by atoms with Crippen LogP contribution in [0.4, 0.5) is 0 Å². The van der Waals surface area contributed by atoms with Gasteiger partial charge in [-0.25, -0.2) is 0 Å². The van der Waals surface area contributed by atoms with Gasteiger partial charge in [0.05, 0.1) is 6.07 Å². The lowest BCUT2D eigenvalue weighted by Gasteiger charge is -2.54. The van der Waals surface area contributed by atoms with Crippen LogP contribution in [0.5, 0.6) is 0 Å². The normalized spacial score (nSPS) is 37.1. The average molecular weight is 396 g/mol. The largest absolute Gasteiger partial charge is 0.481 e. The summed E-state index contributed by atoms with van der Waals surface area (Å²) >= 11 is 0. The third-order valence-electron chi connectivity index (χ3n) is 8.95. The summed E-state index contributed by atoms with van der Waals surface area (Å²) in [6.45, 7) is 4.45. The molecule has 4 aliphatic rings. The average Bonchev–Trinajstić information content (AvgIpc) is 2.93. The molecule has 0 radical (unpaired) electrons. The summed E-state index contributed by atoms with van der Waals surface area (Å²) in [6.07, 6.45) is 11.6. The number of nitrogens with zero attached hydrogens (tertiary/aromatic N) is 1. The molecule has 2 fully saturated rings. The van der Waals surface area contributed by atoms with E-state index < -0.39 is 5.97 Å². The first-order valence-corrected chi connectivity index (χ1v) is 11.3. The summed E-state index contributed by atoms with van der Waals surface area (Å²) in [5.41, 5.74) is 4.45. The summed E-state index contributed by atoms with van der Waals surface area (Å²) in [6, 6.07) is 2.48. The number of carboxylic acids is 1. The van der Waals surface area contributed by atoms with Crippen molar-refractivity contribution in [1.82, 2.24) is 0 Å². The Hall–Kier alpha value is -1.89. The van der Waals surface area contributed by atoms with Gasteiger partial charge in [0.15, 0.2) is 5.78 Å². The highest BCUT2D eigenvalue weighted by Gasteiger charge is 2.60. The van der Waals surface area contributed by atoms with E-state index in [-0.39, 0.29) is 29.0 Å². The van der Waals surface area contributed by atoms with Gasteiger partial charge in [-0.1, -0.05) is 19.4 Å². The lowest BCUT2D eigenvalue weighted by atomic mass is 9.50. The molecule has 0 aromatic carbocycles. The Bertz CT molecular complexity index is 831. The SMILES string of the molecule is CC(CC(=O)O)C[C@@]1(CC#N)CCC2C3CCC4=CC(=O)CCC4=C3CC[C@@]21C. The first kappa shape index (κ1) is 20.4. The number of carbonyl (C=O) groups is 2. The van der Waals surface area contributed by atoms with E-state index in [1.807, 2.05) is 13.0 Å². The zero-order valence-corrected chi connectivity index (χ0v) is 17.8. The third-order valence-corrected chi connectivity index (χ3v) is 8.95. The molecular formula is C25H33NO3. The van der Waals surface area contributed by atoms with Gasteiger partial charge in [-0.15, -0.1) is 0 Å². The van der Waals surface area contributed by atoms with Gasteiger partial charge in [-0.3, -0.25) is 9.59 Å². The minimum atomic E-state index is -0.738. The molecule has 0 spiro atoms. The molecule has 4 nitrogen and oxygen atoms in total. The molecule has 0 amide bonds. The van der Waals surface area contributed by atoms with Crippen molar-refractivity contribution in [3.63, 3.8) is 0 Å². The first-order valence-electron chi connectivity index (χ1n) is 11.3. The van der Waals surface area contributed by atoms with Gasteiger partial charge in [-0.2, -0.15) is 5.26 Å². The molecule has 5 atom stereocenters. The quantitative estimate of drug-likeness (QED) is 0.658. The van der Waals surface area contributed by atoms with Crippen molar-refractivity contribution in [3.8, 4) is 6.07 Å². The van der Waals surface area contributed by atoms with E-state index in [9.17, 15) is 20.0 Å². The predicted molar refractivity (Wildman–Crippen MR) is 111 cm³/mol. The predicted octanol–water partition coefficient (Wildman–Crippen LogP) is 5.59. The van der Waals surface area contributed by atoms with Crippen LogP contribution in [0.25, 0.3) is 0 Å². The van der Waals surface area contributed by atoms with Crippen molar-refractivity contribution in [2.45, 2.75) is 84.5 Å². The highest BCUT2D eigenvalue weighted by Crippen LogP contribution is 2.69. The van der Waals surface area contributed by atoms with Gasteiger partial charge in [0.2, 0.25) is 0 Å². The van der Waals surface area contributed by atoms with Crippen molar-refractivity contribution >= 4 is 11.8 Å². The minimum Gasteiger partial charge on any atom is -0.481 e. The van der Waals surface area contributed by atoms with Crippen molar-refractivity contribution < 1.29 is 14.7 Å². The molecule has 29 heavy (non-hydrogen) atoms. The van der Waals surface area contributed by atoms with Gasteiger partial charge in [0, 0.05) is 19.3 Å². The van der Waals surface area contributed by atoms with Crippen LogP contribution in [0.2, 0.25) is 0 Å². The Balaban J connectivity index is 1.65. The molecule has 0 aromatic rings. The van der Waals surface area contributed by atoms with Crippen LogP contribution in [0.1, 0.15) is 84.5 Å². The lowest BCUT2D eigenvalue weighted by molar-refractivity contribution is -0.138. The summed E-state index contributed by atoms with van der Waals surface area (Å²) in [7, 11) is 0. The summed E-state index contributed by atoms with van der Waals surface area (Å²) in [5, 5.41) is 18.9. The Kier molecular flexibility index (Phi) is 5.21. The van der Waals surface area contributed by atoms with Crippen LogP contribution >= 0.6 is 0 Å². The number of hydrogen-bond donors (Lipinski definition) is 1. The molecule has 0 aliphatic heterocycles. The molecule has 0 saturated heterocycles. The fourth-order valence-electron chi connectivity index (χ4n) is 7.65. The van der Waals surface area contributed by atoms with E-state index in [0.717, 1.165) is 51.4 Å². The van der Waals surface area contributed by atoms with E-state index >= 15 is 0 Å². The number of carboxylic acid groups (broad SMARTS) is 1. The maximum absolute atomic E-state index is 11.9. The van der Waals surface area contributed by atoms with Crippen molar-refractivity contribution in [3.05, 3.63) is 22.8 Å². The molecule has 2 saturated carbocycles. The number of nitriles is 1. The van der Waals surface area contributed by atoms with Gasteiger partial charge in [-0.05, 0) is 97.2 Å². The Morgan fingerprint density at radius 1 is 1.28 bits per heavy atom. The highest BCUT2D eigenvalue weighted by molar-refractivity contribution is 5.93. The minimum absolute atomic E-state index is 0.0594. The van der Waals surface area contributed by atoms with Crippen molar-refractivity contribution in [1.29, 1.82) is 5.26 Å². The van der Waals surface area contributed by atoms with Gasteiger partial charge < -0.3 is 5.11 Å². The molecule has 0 bridgehead atoms. The Morgan fingerprint density at radius 2 is 2.07 bits per heavy atom. The van der Waals surface area contributed by atoms with Crippen LogP contribution in [0.3, 0.4) is 0 Å². The van der Waals surface area contributed by atoms with E-state index in [4.69, 9.17) is 0 Å². The van der Waals surface area contributed by atoms with Crippen LogP contribution in [0, 0.1) is 39.9 Å². The maximum atomic E-state index is 11.9. The molecule has 1 N–H and O–H groups in total. The van der Waals surface area contributed by atoms with Crippen LogP contribution in [0.15, 0.2) is 22.8 Å². The molecular weight excluding hydrogens is 362 g/mol. The van der Waals surface area contributed by atoms with Crippen molar-refractivity contribution in [2.24, 2.45) is 28.6 Å². The van der Waals surface area contributed by atoms with E-state index in [0.29, 0.717) is 24.7 Å². The lowest BCUT2D eigenvalue weighted by Crippen LogP contribution is -2.46. The molecule has 156 valence electrons. The second kappa shape index (κ2) is 7.42. The summed E-state index contributed by atoms with van der Waals surface area (Å²) in [5.74, 6) is 0.817. The third kappa shape index (κ3) is 3.27. The van der Waals surface area contributed by atoms with Crippen LogP contribution in [-0.4, -0.2) is 16.9 Å². The van der Waals surface area contributed by atoms with Gasteiger partial charge in [0.1, 0.15) is 0 Å². The smallest absolute Gasteiger partial charge is 0.303 e. The van der Waals surface area contributed by atoms with E-state index in [2.05, 4.69) is 13.0 Å². The summed E-state index contributed by atoms with van der Waals surface area (Å²) < 4.78 is 0. The fourth-order valence-corrected chi connectivity index (χ4v) is 7.65. The first-order chi connectivity index (χ1) is 13.8. The number of allylic oxidation sites excluding steroid dienone is 4. The Morgan fingerprint density at radius 3 is 2.79 bits per heavy atom. The molecule has 0 aromatic heterocycles. The van der Waals surface area contributed by atoms with Crippen LogP contribution in [-0.2, 0) is 9.59 Å². The number of hydrogen-bond acceptors (Lipinski definition) is 3. The molecule has 4 heteroatoms. The zero-order chi connectivity index (χ0) is 20.8. The number of ketones is 1. The van der Waals surface area contributed by atoms with E-state index in [1.54, 1.807) is 5.57 Å². The number of carbonyl (C=O) groups excluding carboxylic acids is 1. The second-order valence-corrected chi connectivity index (χ2v) is 10.4. The number of rotatable bonds is 5. The molecule has 3 unspecified atom stereocenters. The van der Waals surface area contributed by atoms with Gasteiger partial charge in [0.25, 0.3) is 0 Å². The molecule has 4 rings (SSSR count). The number of aliphatic carboxylic acids is 1. The zero-order valence-electron chi connectivity index (χ0n) is 17.8. The monoisotopic (exact) mass is 395 g/mol. The fraction of sp³-hybridized carbons (Fsp3) is 0.720. The van der Waals surface area contributed by atoms with E-state index in [1.165, 1.54) is 11.1 Å². The second-order valence-electron chi connectivity index (χ2n) is 10.4.